The van der Waals surface area contributed by atoms with Crippen LogP contribution in [0.25, 0.3) is 10.9 Å². The number of rotatable bonds is 3. The van der Waals surface area contributed by atoms with Crippen LogP contribution >= 0.6 is 0 Å². The van der Waals surface area contributed by atoms with Gasteiger partial charge in [-0.25, -0.2) is 14.4 Å². The van der Waals surface area contributed by atoms with Gasteiger partial charge in [-0.2, -0.15) is 0 Å². The molecule has 3 aromatic rings. The van der Waals surface area contributed by atoms with Crippen molar-refractivity contribution in [2.45, 2.75) is 18.9 Å². The second-order valence-corrected chi connectivity index (χ2v) is 6.16. The lowest BCUT2D eigenvalue weighted by Crippen LogP contribution is -2.29. The van der Waals surface area contributed by atoms with E-state index in [0.29, 0.717) is 16.7 Å². The van der Waals surface area contributed by atoms with E-state index in [1.807, 2.05) is 18.2 Å². The molecule has 1 aromatic heterocycles. The summed E-state index contributed by atoms with van der Waals surface area (Å²) in [4.78, 5) is 8.36. The third-order valence-electron chi connectivity index (χ3n) is 4.79. The van der Waals surface area contributed by atoms with Gasteiger partial charge in [0.2, 0.25) is 0 Å². The Morgan fingerprint density at radius 3 is 2.88 bits per heavy atom. The van der Waals surface area contributed by atoms with Crippen molar-refractivity contribution in [3.05, 3.63) is 65.7 Å². The monoisotopic (exact) mass is 323 g/mol. The van der Waals surface area contributed by atoms with Crippen LogP contribution in [0.5, 0.6) is 0 Å². The van der Waals surface area contributed by atoms with Gasteiger partial charge in [0, 0.05) is 17.9 Å². The minimum Gasteiger partial charge on any atom is -0.396 e. The van der Waals surface area contributed by atoms with Crippen LogP contribution in [0.3, 0.4) is 0 Å². The predicted octanol–water partition coefficient (Wildman–Crippen LogP) is 3.48. The highest BCUT2D eigenvalue weighted by Crippen LogP contribution is 2.37. The number of nitrogens with zero attached hydrogens (tertiary/aromatic N) is 2. The Labute approximate surface area is 139 Å². The first-order valence-corrected chi connectivity index (χ1v) is 8.12. The van der Waals surface area contributed by atoms with E-state index in [2.05, 4.69) is 27.4 Å². The molecule has 0 amide bonds. The molecule has 2 unspecified atom stereocenters. The molecule has 0 aliphatic heterocycles. The van der Waals surface area contributed by atoms with Crippen LogP contribution in [0.4, 0.5) is 10.2 Å². The average Bonchev–Trinajstić information content (AvgIpc) is 2.63. The number of aryl methyl sites for hydroxylation is 1. The summed E-state index contributed by atoms with van der Waals surface area (Å²) in [5.74, 6) is 0.332. The Morgan fingerprint density at radius 2 is 2.00 bits per heavy atom. The zero-order chi connectivity index (χ0) is 16.5. The molecule has 0 radical (unpaired) electrons. The number of aliphatic hydroxyl groups is 1. The number of anilines is 1. The number of halogens is 1. The normalized spacial score (nSPS) is 19.9. The molecule has 2 atom stereocenters. The summed E-state index contributed by atoms with van der Waals surface area (Å²) < 4.78 is 14.0. The molecule has 24 heavy (non-hydrogen) atoms. The van der Waals surface area contributed by atoms with Gasteiger partial charge in [0.15, 0.2) is 0 Å². The van der Waals surface area contributed by atoms with Crippen LogP contribution in [-0.2, 0) is 6.42 Å². The lowest BCUT2D eigenvalue weighted by molar-refractivity contribution is 0.196. The van der Waals surface area contributed by atoms with Gasteiger partial charge in [-0.05, 0) is 36.1 Å². The number of hydrogen-bond acceptors (Lipinski definition) is 4. The maximum absolute atomic E-state index is 14.0. The van der Waals surface area contributed by atoms with E-state index in [9.17, 15) is 9.50 Å². The van der Waals surface area contributed by atoms with Gasteiger partial charge in [-0.1, -0.05) is 30.3 Å². The SMILES string of the molecule is OCC1CCc2ccccc2C1Nc1ncnc2c(F)cccc12. The minimum atomic E-state index is -0.360. The first-order valence-electron chi connectivity index (χ1n) is 8.12. The van der Waals surface area contributed by atoms with Crippen LogP contribution in [0.2, 0.25) is 0 Å². The average molecular weight is 323 g/mol. The third-order valence-corrected chi connectivity index (χ3v) is 4.79. The van der Waals surface area contributed by atoms with Gasteiger partial charge in [0.05, 0.1) is 6.04 Å². The highest BCUT2D eigenvalue weighted by atomic mass is 19.1. The fourth-order valence-corrected chi connectivity index (χ4v) is 3.53. The van der Waals surface area contributed by atoms with Crippen molar-refractivity contribution >= 4 is 16.7 Å². The summed E-state index contributed by atoms with van der Waals surface area (Å²) in [6.45, 7) is 0.101. The fraction of sp³-hybridized carbons (Fsp3) is 0.263. The summed E-state index contributed by atoms with van der Waals surface area (Å²) in [5, 5.41) is 13.9. The number of para-hydroxylation sites is 1. The van der Waals surface area contributed by atoms with Gasteiger partial charge < -0.3 is 10.4 Å². The second-order valence-electron chi connectivity index (χ2n) is 6.16. The Hall–Kier alpha value is -2.53. The van der Waals surface area contributed by atoms with Crippen molar-refractivity contribution < 1.29 is 9.50 Å². The Bertz CT molecular complexity index is 883. The lowest BCUT2D eigenvalue weighted by atomic mass is 9.80. The van der Waals surface area contributed by atoms with E-state index < -0.39 is 0 Å². The summed E-state index contributed by atoms with van der Waals surface area (Å²) in [7, 11) is 0. The molecule has 0 bridgehead atoms. The number of fused-ring (bicyclic) bond motifs is 2. The zero-order valence-corrected chi connectivity index (χ0v) is 13.1. The number of benzene rings is 2. The molecular formula is C19H18FN3O. The Balaban J connectivity index is 1.78. The van der Waals surface area contributed by atoms with E-state index in [0.717, 1.165) is 12.8 Å². The lowest BCUT2D eigenvalue weighted by Gasteiger charge is -2.33. The van der Waals surface area contributed by atoms with Crippen molar-refractivity contribution in [2.24, 2.45) is 5.92 Å². The van der Waals surface area contributed by atoms with Crippen molar-refractivity contribution in [3.8, 4) is 0 Å². The van der Waals surface area contributed by atoms with Crippen LogP contribution in [0.15, 0.2) is 48.8 Å². The van der Waals surface area contributed by atoms with E-state index in [1.165, 1.54) is 23.5 Å². The van der Waals surface area contributed by atoms with Crippen molar-refractivity contribution in [3.63, 3.8) is 0 Å². The highest BCUT2D eigenvalue weighted by Gasteiger charge is 2.29. The van der Waals surface area contributed by atoms with Crippen molar-refractivity contribution in [1.82, 2.24) is 9.97 Å². The van der Waals surface area contributed by atoms with Crippen molar-refractivity contribution in [1.29, 1.82) is 0 Å². The molecule has 0 spiro atoms. The van der Waals surface area contributed by atoms with E-state index in [-0.39, 0.29) is 24.4 Å². The molecular weight excluding hydrogens is 305 g/mol. The first-order chi connectivity index (χ1) is 11.8. The standard InChI is InChI=1S/C19H18FN3O/c20-16-7-3-6-15-18(16)21-11-22-19(15)23-17-13(10-24)9-8-12-4-1-2-5-14(12)17/h1-7,11,13,17,24H,8-10H2,(H,21,22,23). The maximum atomic E-state index is 14.0. The van der Waals surface area contributed by atoms with Gasteiger partial charge in [-0.15, -0.1) is 0 Å². The highest BCUT2D eigenvalue weighted by molar-refractivity contribution is 5.89. The quantitative estimate of drug-likeness (QED) is 0.775. The van der Waals surface area contributed by atoms with Crippen molar-refractivity contribution in [2.75, 3.05) is 11.9 Å². The molecule has 2 N–H and O–H groups in total. The molecule has 2 aromatic carbocycles. The topological polar surface area (TPSA) is 58.0 Å². The molecule has 4 nitrogen and oxygen atoms in total. The second kappa shape index (κ2) is 6.17. The molecule has 0 fully saturated rings. The summed E-state index contributed by atoms with van der Waals surface area (Å²) in [5.41, 5.74) is 2.76. The summed E-state index contributed by atoms with van der Waals surface area (Å²) >= 11 is 0. The number of hydrogen-bond donors (Lipinski definition) is 2. The Morgan fingerprint density at radius 1 is 1.12 bits per heavy atom. The molecule has 0 saturated carbocycles. The first kappa shape index (κ1) is 15.0. The maximum Gasteiger partial charge on any atom is 0.149 e. The van der Waals surface area contributed by atoms with Crippen LogP contribution in [0, 0.1) is 11.7 Å². The smallest absolute Gasteiger partial charge is 0.149 e. The van der Waals surface area contributed by atoms with Gasteiger partial charge >= 0.3 is 0 Å². The number of aromatic nitrogens is 2. The van der Waals surface area contributed by atoms with Gasteiger partial charge in [0.25, 0.3) is 0 Å². The van der Waals surface area contributed by atoms with Crippen LogP contribution < -0.4 is 5.32 Å². The van der Waals surface area contributed by atoms with Crippen LogP contribution in [-0.4, -0.2) is 21.7 Å². The third kappa shape index (κ3) is 2.51. The van der Waals surface area contributed by atoms with E-state index in [1.54, 1.807) is 6.07 Å². The van der Waals surface area contributed by atoms with Gasteiger partial charge in [0.1, 0.15) is 23.5 Å². The summed E-state index contributed by atoms with van der Waals surface area (Å²) in [6, 6.07) is 13.0. The summed E-state index contributed by atoms with van der Waals surface area (Å²) in [6.07, 6.45) is 3.23. The minimum absolute atomic E-state index is 0.0543. The molecule has 1 aliphatic carbocycles. The van der Waals surface area contributed by atoms with E-state index >= 15 is 0 Å². The largest absolute Gasteiger partial charge is 0.396 e. The predicted molar refractivity (Wildman–Crippen MR) is 91.2 cm³/mol. The molecule has 0 saturated heterocycles. The van der Waals surface area contributed by atoms with E-state index in [4.69, 9.17) is 0 Å². The molecule has 4 rings (SSSR count). The Kier molecular flexibility index (Phi) is 3.86. The number of nitrogens with one attached hydrogen (secondary N) is 1. The zero-order valence-electron chi connectivity index (χ0n) is 13.1. The molecule has 122 valence electrons. The fourth-order valence-electron chi connectivity index (χ4n) is 3.53. The molecule has 1 heterocycles. The number of aliphatic hydroxyl groups excluding tert-OH is 1. The molecule has 1 aliphatic rings. The molecule has 5 heteroatoms. The van der Waals surface area contributed by atoms with Gasteiger partial charge in [-0.3, -0.25) is 0 Å². The van der Waals surface area contributed by atoms with Crippen LogP contribution in [0.1, 0.15) is 23.6 Å².